The fourth-order valence-corrected chi connectivity index (χ4v) is 2.78. The second-order valence-electron chi connectivity index (χ2n) is 4.38. The predicted molar refractivity (Wildman–Crippen MR) is 70.0 cm³/mol. The van der Waals surface area contributed by atoms with E-state index in [2.05, 4.69) is 9.88 Å². The zero-order valence-corrected chi connectivity index (χ0v) is 11.8. The minimum Gasteiger partial charge on any atom is -0.377 e. The molecule has 0 N–H and O–H groups in total. The van der Waals surface area contributed by atoms with E-state index in [1.54, 1.807) is 12.1 Å². The Morgan fingerprint density at radius 3 is 2.83 bits per heavy atom. The summed E-state index contributed by atoms with van der Waals surface area (Å²) in [7, 11) is -3.36. The molecule has 1 aromatic rings. The van der Waals surface area contributed by atoms with Crippen LogP contribution in [0.25, 0.3) is 0 Å². The van der Waals surface area contributed by atoms with Gasteiger partial charge in [-0.2, -0.15) is 0 Å². The first-order chi connectivity index (χ1) is 8.38. The quantitative estimate of drug-likeness (QED) is 0.770. The van der Waals surface area contributed by atoms with E-state index >= 15 is 0 Å². The largest absolute Gasteiger partial charge is 0.377 e. The van der Waals surface area contributed by atoms with Gasteiger partial charge < -0.3 is 9.64 Å². The summed E-state index contributed by atoms with van der Waals surface area (Å²) in [6, 6.07) is 3.42. The van der Waals surface area contributed by atoms with Gasteiger partial charge in [-0.15, -0.1) is 0 Å². The molecule has 0 amide bonds. The molecule has 0 saturated carbocycles. The van der Waals surface area contributed by atoms with Crippen molar-refractivity contribution in [2.75, 3.05) is 30.9 Å². The summed E-state index contributed by atoms with van der Waals surface area (Å²) in [5.74, 6) is 0. The molecule has 1 aromatic heterocycles. The van der Waals surface area contributed by atoms with E-state index in [0.717, 1.165) is 11.9 Å². The third kappa shape index (κ3) is 2.93. The topological polar surface area (TPSA) is 59.5 Å². The highest BCUT2D eigenvalue weighted by Crippen LogP contribution is 2.25. The third-order valence-electron chi connectivity index (χ3n) is 2.83. The van der Waals surface area contributed by atoms with Crippen LogP contribution in [0.5, 0.6) is 0 Å². The first-order valence-corrected chi connectivity index (χ1v) is 7.87. The molecule has 0 aliphatic carbocycles. The summed E-state index contributed by atoms with van der Waals surface area (Å²) in [5.41, 5.74) is 0.770. The minimum absolute atomic E-state index is 0.00342. The third-order valence-corrected chi connectivity index (χ3v) is 4.00. The van der Waals surface area contributed by atoms with Crippen molar-refractivity contribution in [2.45, 2.75) is 18.0 Å². The normalized spacial score (nSPS) is 21.1. The van der Waals surface area contributed by atoms with E-state index in [-0.39, 0.29) is 16.2 Å². The highest BCUT2D eigenvalue weighted by Gasteiger charge is 2.21. The summed E-state index contributed by atoms with van der Waals surface area (Å²) >= 11 is 5.89. The molecule has 1 aliphatic heterocycles. The molecule has 1 fully saturated rings. The van der Waals surface area contributed by atoms with Crippen molar-refractivity contribution in [3.8, 4) is 0 Å². The summed E-state index contributed by atoms with van der Waals surface area (Å²) in [4.78, 5) is 5.92. The van der Waals surface area contributed by atoms with E-state index in [9.17, 15) is 8.42 Å². The molecule has 2 heterocycles. The molecule has 0 bridgehead atoms. The van der Waals surface area contributed by atoms with E-state index in [4.69, 9.17) is 16.3 Å². The van der Waals surface area contributed by atoms with Gasteiger partial charge in [-0.3, -0.25) is 0 Å². The van der Waals surface area contributed by atoms with Crippen molar-refractivity contribution < 1.29 is 13.2 Å². The maximum Gasteiger partial charge on any atom is 0.192 e. The Morgan fingerprint density at radius 1 is 1.50 bits per heavy atom. The molecule has 0 unspecified atom stereocenters. The number of nitrogens with zero attached hydrogens (tertiary/aromatic N) is 2. The van der Waals surface area contributed by atoms with Crippen molar-refractivity contribution in [3.05, 3.63) is 17.3 Å². The minimum atomic E-state index is -3.36. The van der Waals surface area contributed by atoms with Crippen LogP contribution in [0.3, 0.4) is 0 Å². The zero-order chi connectivity index (χ0) is 13.3. The Balaban J connectivity index is 2.42. The van der Waals surface area contributed by atoms with Crippen LogP contribution in [0.15, 0.2) is 17.2 Å². The van der Waals surface area contributed by atoms with E-state index in [1.807, 2.05) is 6.92 Å². The van der Waals surface area contributed by atoms with E-state index in [1.165, 1.54) is 0 Å². The Labute approximate surface area is 112 Å². The first kappa shape index (κ1) is 13.6. The van der Waals surface area contributed by atoms with E-state index in [0.29, 0.717) is 19.8 Å². The van der Waals surface area contributed by atoms with Crippen LogP contribution < -0.4 is 4.90 Å². The number of ether oxygens (including phenoxy) is 1. The van der Waals surface area contributed by atoms with Gasteiger partial charge in [0.15, 0.2) is 14.9 Å². The lowest BCUT2D eigenvalue weighted by atomic mass is 10.2. The lowest BCUT2D eigenvalue weighted by Gasteiger charge is -2.35. The lowest BCUT2D eigenvalue weighted by molar-refractivity contribution is 0.0989. The van der Waals surface area contributed by atoms with Crippen LogP contribution in [-0.4, -0.2) is 45.5 Å². The maximum absolute atomic E-state index is 11.5. The Bertz CT molecular complexity index is 547. The molecule has 1 atom stereocenters. The van der Waals surface area contributed by atoms with E-state index < -0.39 is 9.84 Å². The maximum atomic E-state index is 11.5. The van der Waals surface area contributed by atoms with Gasteiger partial charge in [0.05, 0.1) is 13.2 Å². The van der Waals surface area contributed by atoms with Gasteiger partial charge in [-0.05, 0) is 19.1 Å². The number of rotatable bonds is 2. The Kier molecular flexibility index (Phi) is 3.79. The molecular weight excluding hydrogens is 276 g/mol. The fraction of sp³-hybridized carbons (Fsp3) is 0.545. The van der Waals surface area contributed by atoms with Crippen LogP contribution in [0.2, 0.25) is 5.15 Å². The standard InChI is InChI=1S/C11H15ClN2O3S/c1-8-7-17-4-3-14(8)9-5-10(12)13-11(6-9)18(2,15)16/h5-6,8H,3-4,7H2,1-2H3/t8-/m1/s1. The number of anilines is 1. The molecule has 0 aromatic carbocycles. The van der Waals surface area contributed by atoms with Crippen LogP contribution in [0.1, 0.15) is 6.92 Å². The number of pyridine rings is 1. The molecular formula is C11H15ClN2O3S. The van der Waals surface area contributed by atoms with Crippen molar-refractivity contribution in [1.29, 1.82) is 0 Å². The number of hydrogen-bond acceptors (Lipinski definition) is 5. The number of sulfone groups is 1. The van der Waals surface area contributed by atoms with Crippen LogP contribution in [0.4, 0.5) is 5.69 Å². The van der Waals surface area contributed by atoms with Gasteiger partial charge in [0.1, 0.15) is 5.15 Å². The van der Waals surface area contributed by atoms with Crippen molar-refractivity contribution >= 4 is 27.1 Å². The summed E-state index contributed by atoms with van der Waals surface area (Å²) in [5, 5.41) is 0.190. The van der Waals surface area contributed by atoms with Crippen LogP contribution in [-0.2, 0) is 14.6 Å². The monoisotopic (exact) mass is 290 g/mol. The van der Waals surface area contributed by atoms with Crippen molar-refractivity contribution in [2.24, 2.45) is 0 Å². The average molecular weight is 291 g/mol. The summed E-state index contributed by atoms with van der Waals surface area (Å²) < 4.78 is 28.4. The molecule has 1 aliphatic rings. The van der Waals surface area contributed by atoms with Crippen LogP contribution in [0, 0.1) is 0 Å². The van der Waals surface area contributed by atoms with Crippen LogP contribution >= 0.6 is 11.6 Å². The van der Waals surface area contributed by atoms with Crippen molar-refractivity contribution in [1.82, 2.24) is 4.98 Å². The number of morpholine rings is 1. The molecule has 7 heteroatoms. The second kappa shape index (κ2) is 5.03. The molecule has 0 radical (unpaired) electrons. The van der Waals surface area contributed by atoms with Gasteiger partial charge in [0.25, 0.3) is 0 Å². The number of aromatic nitrogens is 1. The Morgan fingerprint density at radius 2 is 2.22 bits per heavy atom. The number of hydrogen-bond donors (Lipinski definition) is 0. The highest BCUT2D eigenvalue weighted by atomic mass is 35.5. The summed E-state index contributed by atoms with van der Waals surface area (Å²) in [6.45, 7) is 3.98. The highest BCUT2D eigenvalue weighted by molar-refractivity contribution is 7.90. The molecule has 5 nitrogen and oxygen atoms in total. The van der Waals surface area contributed by atoms with Gasteiger partial charge in [-0.25, -0.2) is 13.4 Å². The van der Waals surface area contributed by atoms with Gasteiger partial charge in [0.2, 0.25) is 0 Å². The fourth-order valence-electron chi connectivity index (χ4n) is 1.93. The van der Waals surface area contributed by atoms with Gasteiger partial charge in [-0.1, -0.05) is 11.6 Å². The molecule has 0 spiro atoms. The first-order valence-electron chi connectivity index (χ1n) is 5.60. The predicted octanol–water partition coefficient (Wildman–Crippen LogP) is 1.36. The molecule has 1 saturated heterocycles. The molecule has 18 heavy (non-hydrogen) atoms. The summed E-state index contributed by atoms with van der Waals surface area (Å²) in [6.07, 6.45) is 1.12. The lowest BCUT2D eigenvalue weighted by Crippen LogP contribution is -2.43. The number of halogens is 1. The SMILES string of the molecule is C[C@@H]1COCCN1c1cc(Cl)nc(S(C)(=O)=O)c1. The smallest absolute Gasteiger partial charge is 0.192 e. The van der Waals surface area contributed by atoms with Gasteiger partial charge in [0, 0.05) is 24.5 Å². The Hall–Kier alpha value is -0.850. The second-order valence-corrected chi connectivity index (χ2v) is 6.73. The van der Waals surface area contributed by atoms with Gasteiger partial charge >= 0.3 is 0 Å². The molecule has 100 valence electrons. The zero-order valence-electron chi connectivity index (χ0n) is 10.3. The molecule has 2 rings (SSSR count). The average Bonchev–Trinajstić information content (AvgIpc) is 2.27. The van der Waals surface area contributed by atoms with Crippen molar-refractivity contribution in [3.63, 3.8) is 0 Å².